The van der Waals surface area contributed by atoms with E-state index in [1.807, 2.05) is 6.20 Å². The Kier molecular flexibility index (Phi) is 8.76. The van der Waals surface area contributed by atoms with Crippen molar-refractivity contribution in [1.82, 2.24) is 25.4 Å². The third-order valence-electron chi connectivity index (χ3n) is 5.11. The number of rotatable bonds is 8. The quantitative estimate of drug-likeness (QED) is 0.523. The van der Waals surface area contributed by atoms with Gasteiger partial charge in [-0.3, -0.25) is 0 Å². The van der Waals surface area contributed by atoms with E-state index in [4.69, 9.17) is 4.42 Å². The first kappa shape index (κ1) is 22.7. The van der Waals surface area contributed by atoms with Gasteiger partial charge in [-0.05, 0) is 19.4 Å². The first-order chi connectivity index (χ1) is 13.3. The summed E-state index contributed by atoms with van der Waals surface area (Å²) in [5, 5.41) is 6.78. The number of nitrogens with one attached hydrogen (secondary N) is 2. The van der Waals surface area contributed by atoms with E-state index < -0.39 is 0 Å². The zero-order valence-electron chi connectivity index (χ0n) is 18.7. The number of aliphatic imine (C=N–C) groups is 1. The summed E-state index contributed by atoms with van der Waals surface area (Å²) in [4.78, 5) is 14.1. The highest BCUT2D eigenvalue weighted by Crippen LogP contribution is 2.22. The van der Waals surface area contributed by atoms with E-state index >= 15 is 0 Å². The van der Waals surface area contributed by atoms with Crippen molar-refractivity contribution in [3.05, 3.63) is 17.8 Å². The Hall–Kier alpha value is -1.60. The number of piperazine rings is 1. The van der Waals surface area contributed by atoms with Crippen LogP contribution in [-0.4, -0.2) is 73.1 Å². The van der Waals surface area contributed by atoms with Crippen LogP contribution in [0.3, 0.4) is 0 Å². The molecule has 1 fully saturated rings. The predicted molar refractivity (Wildman–Crippen MR) is 116 cm³/mol. The fraction of sp³-hybridized carbons (Fsp3) is 0.810. The van der Waals surface area contributed by atoms with Gasteiger partial charge in [0.2, 0.25) is 5.89 Å². The molecule has 2 N–H and O–H groups in total. The molecular weight excluding hydrogens is 352 g/mol. The molecule has 1 atom stereocenters. The normalized spacial score (nSPS) is 18.3. The van der Waals surface area contributed by atoms with E-state index in [2.05, 4.69) is 72.0 Å². The van der Waals surface area contributed by atoms with E-state index in [1.165, 1.54) is 26.2 Å². The fourth-order valence-corrected chi connectivity index (χ4v) is 3.28. The molecule has 2 heterocycles. The Labute approximate surface area is 171 Å². The van der Waals surface area contributed by atoms with Crippen molar-refractivity contribution in [1.29, 1.82) is 0 Å². The number of hydrogen-bond acceptors (Lipinski definition) is 5. The van der Waals surface area contributed by atoms with Gasteiger partial charge in [-0.2, -0.15) is 0 Å². The van der Waals surface area contributed by atoms with Crippen LogP contribution in [0.15, 0.2) is 15.6 Å². The molecule has 7 nitrogen and oxygen atoms in total. The van der Waals surface area contributed by atoms with E-state index in [9.17, 15) is 0 Å². The van der Waals surface area contributed by atoms with Gasteiger partial charge in [0.25, 0.3) is 0 Å². The van der Waals surface area contributed by atoms with Crippen LogP contribution in [0.5, 0.6) is 0 Å². The molecule has 7 heteroatoms. The summed E-state index contributed by atoms with van der Waals surface area (Å²) in [5.74, 6) is 2.93. The van der Waals surface area contributed by atoms with E-state index in [0.29, 0.717) is 18.4 Å². The third-order valence-corrected chi connectivity index (χ3v) is 5.11. The minimum atomic E-state index is -0.0320. The Morgan fingerprint density at radius 1 is 1.18 bits per heavy atom. The second-order valence-corrected chi connectivity index (χ2v) is 8.78. The number of likely N-dealkylation sites (N-methyl/N-ethyl adjacent to an activating group) is 1. The highest BCUT2D eigenvalue weighted by atomic mass is 16.4. The van der Waals surface area contributed by atoms with Gasteiger partial charge in [-0.25, -0.2) is 9.98 Å². The Bertz CT molecular complexity index is 598. The average Bonchev–Trinajstić information content (AvgIpc) is 3.14. The molecule has 0 saturated carbocycles. The van der Waals surface area contributed by atoms with Gasteiger partial charge in [0.1, 0.15) is 12.3 Å². The number of hydrogen-bond donors (Lipinski definition) is 2. The van der Waals surface area contributed by atoms with E-state index in [1.54, 1.807) is 0 Å². The van der Waals surface area contributed by atoms with Crippen LogP contribution in [0.1, 0.15) is 53.2 Å². The van der Waals surface area contributed by atoms with Gasteiger partial charge in [0, 0.05) is 51.2 Å². The summed E-state index contributed by atoms with van der Waals surface area (Å²) >= 11 is 0. The van der Waals surface area contributed by atoms with E-state index in [0.717, 1.165) is 37.9 Å². The van der Waals surface area contributed by atoms with Gasteiger partial charge < -0.3 is 24.9 Å². The lowest BCUT2D eigenvalue weighted by atomic mass is 9.94. The van der Waals surface area contributed by atoms with Crippen LogP contribution in [-0.2, 0) is 12.0 Å². The van der Waals surface area contributed by atoms with Crippen molar-refractivity contribution < 1.29 is 4.42 Å². The van der Waals surface area contributed by atoms with E-state index in [-0.39, 0.29) is 5.41 Å². The molecule has 0 aromatic carbocycles. The zero-order valence-corrected chi connectivity index (χ0v) is 18.7. The van der Waals surface area contributed by atoms with Gasteiger partial charge in [-0.1, -0.05) is 34.6 Å². The first-order valence-corrected chi connectivity index (χ1v) is 10.7. The van der Waals surface area contributed by atoms with Crippen LogP contribution in [0.2, 0.25) is 0 Å². The van der Waals surface area contributed by atoms with Gasteiger partial charge in [-0.15, -0.1) is 0 Å². The van der Waals surface area contributed by atoms with Crippen molar-refractivity contribution in [2.45, 2.75) is 53.5 Å². The predicted octanol–water partition coefficient (Wildman–Crippen LogP) is 2.30. The molecule has 1 saturated heterocycles. The minimum absolute atomic E-state index is 0.0320. The summed E-state index contributed by atoms with van der Waals surface area (Å²) in [6, 6.07) is 0. The molecule has 0 aliphatic carbocycles. The highest BCUT2D eigenvalue weighted by Gasteiger charge is 2.19. The molecule has 0 radical (unpaired) electrons. The molecule has 0 bridgehead atoms. The van der Waals surface area contributed by atoms with Crippen LogP contribution < -0.4 is 10.6 Å². The van der Waals surface area contributed by atoms with Crippen molar-refractivity contribution in [2.75, 3.05) is 52.4 Å². The summed E-state index contributed by atoms with van der Waals surface area (Å²) in [6.45, 7) is 22.2. The third kappa shape index (κ3) is 7.43. The maximum atomic E-state index is 5.84. The highest BCUT2D eigenvalue weighted by molar-refractivity contribution is 5.79. The van der Waals surface area contributed by atoms with Gasteiger partial charge in [0.15, 0.2) is 5.96 Å². The molecule has 1 aliphatic heterocycles. The molecule has 1 aliphatic rings. The molecule has 28 heavy (non-hydrogen) atoms. The number of aromatic nitrogens is 1. The lowest BCUT2D eigenvalue weighted by Crippen LogP contribution is -2.48. The topological polar surface area (TPSA) is 68.9 Å². The molecular formula is C21H40N6O. The summed E-state index contributed by atoms with van der Waals surface area (Å²) in [7, 11) is 0. The minimum Gasteiger partial charge on any atom is -0.443 e. The standard InChI is InChI=1S/C21H40N6O/c1-7-22-20(25-15-19-23-14-18(28-19)21(4,5)6)24-13-17(3)16-27-11-9-26(8-2)10-12-27/h14,17H,7-13,15-16H2,1-6H3,(H2,22,24,25). The fourth-order valence-electron chi connectivity index (χ4n) is 3.28. The maximum Gasteiger partial charge on any atom is 0.216 e. The smallest absolute Gasteiger partial charge is 0.216 e. The molecule has 0 amide bonds. The lowest BCUT2D eigenvalue weighted by molar-refractivity contribution is 0.124. The van der Waals surface area contributed by atoms with Crippen LogP contribution >= 0.6 is 0 Å². The Morgan fingerprint density at radius 3 is 2.43 bits per heavy atom. The van der Waals surface area contributed by atoms with Crippen molar-refractivity contribution >= 4 is 5.96 Å². The number of oxazole rings is 1. The van der Waals surface area contributed by atoms with Crippen LogP contribution in [0, 0.1) is 5.92 Å². The second-order valence-electron chi connectivity index (χ2n) is 8.78. The molecule has 1 unspecified atom stereocenters. The van der Waals surface area contributed by atoms with Gasteiger partial charge in [0.05, 0.1) is 6.20 Å². The molecule has 160 valence electrons. The summed E-state index contributed by atoms with van der Waals surface area (Å²) in [6.07, 6.45) is 1.81. The molecule has 1 aromatic rings. The summed E-state index contributed by atoms with van der Waals surface area (Å²) in [5.41, 5.74) is -0.0320. The monoisotopic (exact) mass is 392 g/mol. The SMILES string of the molecule is CCNC(=NCc1ncc(C(C)(C)C)o1)NCC(C)CN1CCN(CC)CC1. The van der Waals surface area contributed by atoms with Crippen molar-refractivity contribution in [3.8, 4) is 0 Å². The maximum absolute atomic E-state index is 5.84. The largest absolute Gasteiger partial charge is 0.443 e. The van der Waals surface area contributed by atoms with Crippen molar-refractivity contribution in [3.63, 3.8) is 0 Å². The Balaban J connectivity index is 1.79. The zero-order chi connectivity index (χ0) is 20.6. The van der Waals surface area contributed by atoms with Crippen LogP contribution in [0.4, 0.5) is 0 Å². The Morgan fingerprint density at radius 2 is 1.86 bits per heavy atom. The number of guanidine groups is 1. The molecule has 0 spiro atoms. The first-order valence-electron chi connectivity index (χ1n) is 10.7. The van der Waals surface area contributed by atoms with Crippen LogP contribution in [0.25, 0.3) is 0 Å². The summed E-state index contributed by atoms with van der Waals surface area (Å²) < 4.78 is 5.84. The number of nitrogens with zero attached hydrogens (tertiary/aromatic N) is 4. The molecule has 2 rings (SSSR count). The second kappa shape index (κ2) is 10.8. The average molecular weight is 393 g/mol. The lowest BCUT2D eigenvalue weighted by Gasteiger charge is -2.35. The van der Waals surface area contributed by atoms with Gasteiger partial charge >= 0.3 is 0 Å². The molecule has 1 aromatic heterocycles. The van der Waals surface area contributed by atoms with Crippen molar-refractivity contribution in [2.24, 2.45) is 10.9 Å².